The summed E-state index contributed by atoms with van der Waals surface area (Å²) in [4.78, 5) is 39.7. The zero-order valence-corrected chi connectivity index (χ0v) is 24.1. The third-order valence-corrected chi connectivity index (χ3v) is 7.68. The minimum atomic E-state index is -0.636. The highest BCUT2D eigenvalue weighted by Gasteiger charge is 2.39. The maximum absolute atomic E-state index is 13.1. The van der Waals surface area contributed by atoms with Crippen LogP contribution in [0.4, 0.5) is 11.4 Å². The number of halogens is 2. The first-order valence-corrected chi connectivity index (χ1v) is 13.6. The fourth-order valence-electron chi connectivity index (χ4n) is 4.66. The molecule has 0 saturated carbocycles. The van der Waals surface area contributed by atoms with Gasteiger partial charge in [-0.1, -0.05) is 79.5 Å². The highest BCUT2D eigenvalue weighted by atomic mass is 35.5. The second-order valence-corrected chi connectivity index (χ2v) is 11.0. The number of amides is 2. The van der Waals surface area contributed by atoms with Crippen LogP contribution in [0.2, 0.25) is 5.02 Å². The van der Waals surface area contributed by atoms with E-state index < -0.39 is 17.8 Å². The van der Waals surface area contributed by atoms with Crippen LogP contribution < -0.4 is 15.0 Å². The van der Waals surface area contributed by atoms with Crippen LogP contribution in [-0.4, -0.2) is 17.8 Å². The molecule has 4 aromatic rings. The zero-order chi connectivity index (χ0) is 29.3. The molecule has 1 heterocycles. The standard InChI is InChI=1S/C33H26Cl2N2O4/c1-20-19-24(34)13-18-27(20)37-30(38)28(35)29(31(37)39)36-25-14-9-21(10-15-25)32(40)41-26-16-11-23(12-17-26)33(2,3)22-7-5-4-6-8-22/h4-19,36H,1-3H3. The summed E-state index contributed by atoms with van der Waals surface area (Å²) in [6.07, 6.45) is 0. The van der Waals surface area contributed by atoms with Crippen molar-refractivity contribution in [2.75, 3.05) is 10.2 Å². The smallest absolute Gasteiger partial charge is 0.343 e. The third-order valence-electron chi connectivity index (χ3n) is 7.10. The molecular weight excluding hydrogens is 559 g/mol. The molecule has 0 fully saturated rings. The summed E-state index contributed by atoms with van der Waals surface area (Å²) >= 11 is 12.3. The van der Waals surface area contributed by atoms with E-state index in [0.29, 0.717) is 33.3 Å². The molecule has 0 aromatic heterocycles. The van der Waals surface area contributed by atoms with E-state index in [4.69, 9.17) is 27.9 Å². The molecular formula is C33H26Cl2N2O4. The van der Waals surface area contributed by atoms with Crippen LogP contribution in [0, 0.1) is 6.92 Å². The molecule has 1 N–H and O–H groups in total. The van der Waals surface area contributed by atoms with Gasteiger partial charge in [0.2, 0.25) is 0 Å². The summed E-state index contributed by atoms with van der Waals surface area (Å²) in [7, 11) is 0. The van der Waals surface area contributed by atoms with Gasteiger partial charge in [-0.15, -0.1) is 0 Å². The molecule has 0 spiro atoms. The van der Waals surface area contributed by atoms with Crippen molar-refractivity contribution in [3.8, 4) is 5.75 Å². The van der Waals surface area contributed by atoms with Crippen molar-refractivity contribution < 1.29 is 19.1 Å². The quantitative estimate of drug-likeness (QED) is 0.137. The van der Waals surface area contributed by atoms with Gasteiger partial charge in [0.05, 0.1) is 11.3 Å². The van der Waals surface area contributed by atoms with E-state index in [-0.39, 0.29) is 16.1 Å². The Morgan fingerprint density at radius 3 is 2.07 bits per heavy atom. The lowest BCUT2D eigenvalue weighted by Gasteiger charge is -2.26. The second kappa shape index (κ2) is 11.2. The summed E-state index contributed by atoms with van der Waals surface area (Å²) in [6, 6.07) is 28.9. The van der Waals surface area contributed by atoms with Crippen molar-refractivity contribution in [3.63, 3.8) is 0 Å². The Bertz CT molecular complexity index is 1680. The number of imide groups is 1. The minimum Gasteiger partial charge on any atom is -0.423 e. The Morgan fingerprint density at radius 1 is 0.805 bits per heavy atom. The maximum Gasteiger partial charge on any atom is 0.343 e. The van der Waals surface area contributed by atoms with Crippen molar-refractivity contribution in [2.24, 2.45) is 0 Å². The van der Waals surface area contributed by atoms with Crippen molar-refractivity contribution in [3.05, 3.63) is 135 Å². The van der Waals surface area contributed by atoms with Gasteiger partial charge in [0.25, 0.3) is 11.8 Å². The molecule has 0 bridgehead atoms. The zero-order valence-electron chi connectivity index (χ0n) is 22.6. The number of aryl methyl sites for hydroxylation is 1. The van der Waals surface area contributed by atoms with Crippen molar-refractivity contribution in [1.82, 2.24) is 0 Å². The first kappa shape index (κ1) is 28.1. The molecule has 206 valence electrons. The van der Waals surface area contributed by atoms with E-state index in [9.17, 15) is 14.4 Å². The van der Waals surface area contributed by atoms with Gasteiger partial charge in [-0.2, -0.15) is 0 Å². The number of nitrogens with one attached hydrogen (secondary N) is 1. The molecule has 0 aliphatic carbocycles. The number of carbonyl (C=O) groups is 3. The summed E-state index contributed by atoms with van der Waals surface area (Å²) < 4.78 is 5.57. The molecule has 1 aliphatic rings. The average molecular weight is 585 g/mol. The van der Waals surface area contributed by atoms with Gasteiger partial charge in [0, 0.05) is 16.1 Å². The Balaban J connectivity index is 1.25. The van der Waals surface area contributed by atoms with E-state index in [2.05, 4.69) is 31.3 Å². The van der Waals surface area contributed by atoms with E-state index >= 15 is 0 Å². The summed E-state index contributed by atoms with van der Waals surface area (Å²) in [5.74, 6) is -1.33. The molecule has 2 amide bonds. The second-order valence-electron chi connectivity index (χ2n) is 10.2. The number of ether oxygens (including phenoxy) is 1. The topological polar surface area (TPSA) is 75.7 Å². The summed E-state index contributed by atoms with van der Waals surface area (Å²) in [5.41, 5.74) is 3.86. The number of nitrogens with zero attached hydrogens (tertiary/aromatic N) is 1. The molecule has 41 heavy (non-hydrogen) atoms. The van der Waals surface area contributed by atoms with E-state index in [1.807, 2.05) is 30.3 Å². The lowest BCUT2D eigenvalue weighted by molar-refractivity contribution is -0.120. The third kappa shape index (κ3) is 5.62. The lowest BCUT2D eigenvalue weighted by Crippen LogP contribution is -2.32. The van der Waals surface area contributed by atoms with Crippen LogP contribution in [-0.2, 0) is 15.0 Å². The number of esters is 1. The lowest BCUT2D eigenvalue weighted by atomic mass is 9.78. The van der Waals surface area contributed by atoms with Crippen LogP contribution in [0.3, 0.4) is 0 Å². The number of hydrogen-bond acceptors (Lipinski definition) is 5. The number of benzene rings is 4. The number of carbonyl (C=O) groups excluding carboxylic acids is 3. The normalized spacial score (nSPS) is 13.5. The number of hydrogen-bond donors (Lipinski definition) is 1. The van der Waals surface area contributed by atoms with Crippen molar-refractivity contribution >= 4 is 52.4 Å². The molecule has 0 radical (unpaired) electrons. The Morgan fingerprint density at radius 2 is 1.44 bits per heavy atom. The number of anilines is 2. The number of rotatable bonds is 7. The van der Waals surface area contributed by atoms with Gasteiger partial charge in [0.15, 0.2) is 0 Å². The van der Waals surface area contributed by atoms with Gasteiger partial charge < -0.3 is 10.1 Å². The van der Waals surface area contributed by atoms with Gasteiger partial charge in [-0.3, -0.25) is 9.59 Å². The predicted molar refractivity (Wildman–Crippen MR) is 162 cm³/mol. The van der Waals surface area contributed by atoms with Crippen molar-refractivity contribution in [2.45, 2.75) is 26.2 Å². The maximum atomic E-state index is 13.1. The average Bonchev–Trinajstić information content (AvgIpc) is 3.17. The molecule has 6 nitrogen and oxygen atoms in total. The first-order valence-electron chi connectivity index (χ1n) is 12.9. The Labute approximate surface area is 248 Å². The SMILES string of the molecule is Cc1cc(Cl)ccc1N1C(=O)C(Cl)=C(Nc2ccc(C(=O)Oc3ccc(C(C)(C)c4ccccc4)cc3)cc2)C1=O. The predicted octanol–water partition coefficient (Wildman–Crippen LogP) is 7.63. The fraction of sp³-hybridized carbons (Fsp3) is 0.121. The van der Waals surface area contributed by atoms with E-state index in [0.717, 1.165) is 10.5 Å². The highest BCUT2D eigenvalue weighted by molar-refractivity contribution is 6.53. The van der Waals surface area contributed by atoms with Gasteiger partial charge >= 0.3 is 5.97 Å². The molecule has 5 rings (SSSR count). The Kier molecular flexibility index (Phi) is 7.72. The summed E-state index contributed by atoms with van der Waals surface area (Å²) in [5, 5.41) is 3.17. The van der Waals surface area contributed by atoms with Gasteiger partial charge in [-0.25, -0.2) is 9.69 Å². The van der Waals surface area contributed by atoms with E-state index in [1.165, 1.54) is 5.56 Å². The van der Waals surface area contributed by atoms with Crippen LogP contribution in [0.25, 0.3) is 0 Å². The molecule has 1 aliphatic heterocycles. The monoisotopic (exact) mass is 584 g/mol. The fourth-order valence-corrected chi connectivity index (χ4v) is 5.10. The van der Waals surface area contributed by atoms with Crippen LogP contribution in [0.5, 0.6) is 5.75 Å². The van der Waals surface area contributed by atoms with Crippen LogP contribution >= 0.6 is 23.2 Å². The minimum absolute atomic E-state index is 0.0557. The van der Waals surface area contributed by atoms with Crippen molar-refractivity contribution in [1.29, 1.82) is 0 Å². The Hall–Kier alpha value is -4.39. The van der Waals surface area contributed by atoms with Gasteiger partial charge in [0.1, 0.15) is 16.5 Å². The first-order chi connectivity index (χ1) is 19.6. The molecule has 0 atom stereocenters. The summed E-state index contributed by atoms with van der Waals surface area (Å²) in [6.45, 7) is 6.04. The highest BCUT2D eigenvalue weighted by Crippen LogP contribution is 2.34. The largest absolute Gasteiger partial charge is 0.423 e. The van der Waals surface area contributed by atoms with Crippen LogP contribution in [0.1, 0.15) is 40.9 Å². The molecule has 8 heteroatoms. The van der Waals surface area contributed by atoms with E-state index in [1.54, 1.807) is 61.5 Å². The van der Waals surface area contributed by atoms with Crippen LogP contribution in [0.15, 0.2) is 108 Å². The molecule has 0 saturated heterocycles. The van der Waals surface area contributed by atoms with Gasteiger partial charge in [-0.05, 0) is 78.2 Å². The molecule has 0 unspecified atom stereocenters. The molecule has 4 aromatic carbocycles.